The second-order valence-corrected chi connectivity index (χ2v) is 12.2. The molecule has 0 unspecified atom stereocenters. The Kier molecular flexibility index (Phi) is 32.2. The van der Waals surface area contributed by atoms with Crippen molar-refractivity contribution in [3.8, 4) is 0 Å². The number of carbonyl (C=O) groups is 6. The minimum absolute atomic E-state index is 0.0531. The normalized spacial score (nSPS) is 11.5. The third kappa shape index (κ3) is 34.7. The van der Waals surface area contributed by atoms with Crippen LogP contribution in [0.4, 0.5) is 0 Å². The summed E-state index contributed by atoms with van der Waals surface area (Å²) in [6.45, 7) is 3.62. The number of carbonyl (C=O) groups excluding carboxylic acids is 4. The van der Waals surface area contributed by atoms with Crippen LogP contribution in [0.3, 0.4) is 0 Å². The van der Waals surface area contributed by atoms with Crippen LogP contribution in [0.2, 0.25) is 0 Å². The van der Waals surface area contributed by atoms with E-state index in [2.05, 4.69) is 16.0 Å². The van der Waals surface area contributed by atoms with Crippen molar-refractivity contribution >= 4 is 35.4 Å². The predicted octanol–water partition coefficient (Wildman–Crippen LogP) is 3.16. The molecule has 1 atom stereocenters. The summed E-state index contributed by atoms with van der Waals surface area (Å²) in [4.78, 5) is 68.9. The number of aliphatic carboxylic acids is 2. The third-order valence-corrected chi connectivity index (χ3v) is 7.49. The van der Waals surface area contributed by atoms with Gasteiger partial charge in [0.2, 0.25) is 17.7 Å². The Morgan fingerprint density at radius 3 is 1.44 bits per heavy atom. The zero-order chi connectivity index (χ0) is 37.1. The van der Waals surface area contributed by atoms with Crippen molar-refractivity contribution in [3.63, 3.8) is 0 Å². The highest BCUT2D eigenvalue weighted by Crippen LogP contribution is 2.13. The number of carboxylic acids is 2. The summed E-state index contributed by atoms with van der Waals surface area (Å²) in [7, 11) is 0. The summed E-state index contributed by atoms with van der Waals surface area (Å²) >= 11 is 0. The lowest BCUT2D eigenvalue weighted by Crippen LogP contribution is -2.40. The van der Waals surface area contributed by atoms with Gasteiger partial charge in [0.05, 0.1) is 39.6 Å². The Morgan fingerprint density at radius 2 is 0.940 bits per heavy atom. The number of nitrogens with one attached hydrogen (secondary N) is 3. The Hall–Kier alpha value is -3.14. The molecule has 0 saturated carbocycles. The monoisotopic (exact) mass is 717 g/mol. The Bertz CT molecular complexity index is 935. The molecule has 290 valence electrons. The van der Waals surface area contributed by atoms with Crippen LogP contribution < -0.4 is 16.0 Å². The van der Waals surface area contributed by atoms with E-state index in [9.17, 15) is 33.9 Å². The number of hydrogen-bond acceptors (Lipinski definition) is 10. The summed E-state index contributed by atoms with van der Waals surface area (Å²) in [5, 5.41) is 26.0. The number of ether oxygens (including phenoxy) is 4. The number of Topliss-reactive ketones (excluding diaryl/α,β-unsaturated/α-hetero) is 1. The molecule has 0 aromatic heterocycles. The van der Waals surface area contributed by atoms with E-state index in [4.69, 9.17) is 24.1 Å². The first-order valence-corrected chi connectivity index (χ1v) is 18.2. The summed E-state index contributed by atoms with van der Waals surface area (Å²) in [6.07, 6.45) is 13.6. The number of ketones is 1. The highest BCUT2D eigenvalue weighted by molar-refractivity contribution is 5.83. The van der Waals surface area contributed by atoms with Gasteiger partial charge in [-0.3, -0.25) is 24.0 Å². The lowest BCUT2D eigenvalue weighted by atomic mass is 10.0. The van der Waals surface area contributed by atoms with Gasteiger partial charge in [0.1, 0.15) is 19.3 Å². The van der Waals surface area contributed by atoms with Crippen molar-refractivity contribution in [2.24, 2.45) is 0 Å². The highest BCUT2D eigenvalue weighted by atomic mass is 16.5. The third-order valence-electron chi connectivity index (χ3n) is 7.49. The van der Waals surface area contributed by atoms with Crippen molar-refractivity contribution in [1.29, 1.82) is 0 Å². The average Bonchev–Trinajstić information content (AvgIpc) is 3.06. The maximum absolute atomic E-state index is 12.3. The molecule has 0 aliphatic carbocycles. The first-order valence-electron chi connectivity index (χ1n) is 18.2. The van der Waals surface area contributed by atoms with Crippen LogP contribution in [0.1, 0.15) is 116 Å². The van der Waals surface area contributed by atoms with Crippen LogP contribution in [0.15, 0.2) is 0 Å². The smallest absolute Gasteiger partial charge is 0.326 e. The minimum Gasteiger partial charge on any atom is -0.481 e. The predicted molar refractivity (Wildman–Crippen MR) is 186 cm³/mol. The molecule has 0 aliphatic heterocycles. The molecule has 0 bridgehead atoms. The molecular formula is C35H63N3O12. The van der Waals surface area contributed by atoms with Crippen LogP contribution in [0.5, 0.6) is 0 Å². The number of rotatable bonds is 37. The molecule has 15 heteroatoms. The quantitative estimate of drug-likeness (QED) is 0.0586. The van der Waals surface area contributed by atoms with E-state index < -0.39 is 18.0 Å². The van der Waals surface area contributed by atoms with E-state index in [1.54, 1.807) is 0 Å². The fourth-order valence-electron chi connectivity index (χ4n) is 4.81. The summed E-state index contributed by atoms with van der Waals surface area (Å²) in [6, 6.07) is -1.03. The molecule has 0 aromatic carbocycles. The van der Waals surface area contributed by atoms with Crippen molar-refractivity contribution in [3.05, 3.63) is 0 Å². The molecule has 0 fully saturated rings. The molecule has 0 rings (SSSR count). The lowest BCUT2D eigenvalue weighted by molar-refractivity contribution is -0.142. The minimum atomic E-state index is -1.12. The van der Waals surface area contributed by atoms with Crippen LogP contribution in [0.25, 0.3) is 0 Å². The van der Waals surface area contributed by atoms with Gasteiger partial charge < -0.3 is 45.1 Å². The zero-order valence-corrected chi connectivity index (χ0v) is 30.1. The van der Waals surface area contributed by atoms with Gasteiger partial charge in [-0.05, 0) is 32.6 Å². The molecule has 0 spiro atoms. The fourth-order valence-corrected chi connectivity index (χ4v) is 4.81. The Morgan fingerprint density at radius 1 is 0.500 bits per heavy atom. The standard InChI is InChI=1S/C35H63N3O12/c1-29(39)27-49-25-23-48-22-20-37-33(42)28-50-26-24-47-21-19-36-31(40)17-14-15-30(35(45)46)38-32(41)16-12-10-8-6-4-2-3-5-7-9-11-13-18-34(43)44/h30H,2-28H2,1H3,(H,36,40)(H,37,42)(H,38,41)(H,43,44)(H,45,46)/t30-/m0/s1. The van der Waals surface area contributed by atoms with E-state index in [1.807, 2.05) is 0 Å². The largest absolute Gasteiger partial charge is 0.481 e. The van der Waals surface area contributed by atoms with Crippen molar-refractivity contribution in [1.82, 2.24) is 16.0 Å². The number of amides is 3. The van der Waals surface area contributed by atoms with Crippen molar-refractivity contribution < 1.29 is 57.9 Å². The van der Waals surface area contributed by atoms with Gasteiger partial charge in [-0.2, -0.15) is 0 Å². The van der Waals surface area contributed by atoms with Gasteiger partial charge >= 0.3 is 11.9 Å². The Labute approximate surface area is 297 Å². The maximum Gasteiger partial charge on any atom is 0.326 e. The first-order chi connectivity index (χ1) is 24.1. The van der Waals surface area contributed by atoms with Gasteiger partial charge in [0.15, 0.2) is 5.78 Å². The number of hydrogen-bond donors (Lipinski definition) is 5. The van der Waals surface area contributed by atoms with E-state index in [1.165, 1.54) is 26.2 Å². The summed E-state index contributed by atoms with van der Waals surface area (Å²) < 4.78 is 20.9. The van der Waals surface area contributed by atoms with Crippen LogP contribution in [-0.2, 0) is 47.7 Å². The van der Waals surface area contributed by atoms with Gasteiger partial charge in [-0.15, -0.1) is 0 Å². The highest BCUT2D eigenvalue weighted by Gasteiger charge is 2.19. The van der Waals surface area contributed by atoms with Gasteiger partial charge in [-0.1, -0.05) is 64.2 Å². The van der Waals surface area contributed by atoms with E-state index in [-0.39, 0.29) is 88.8 Å². The molecule has 0 aliphatic rings. The molecule has 0 radical (unpaired) electrons. The topological polar surface area (TPSA) is 216 Å². The van der Waals surface area contributed by atoms with Crippen molar-refractivity contribution in [2.45, 2.75) is 122 Å². The lowest BCUT2D eigenvalue weighted by Gasteiger charge is -2.14. The van der Waals surface area contributed by atoms with E-state index >= 15 is 0 Å². The van der Waals surface area contributed by atoms with Crippen LogP contribution >= 0.6 is 0 Å². The molecule has 5 N–H and O–H groups in total. The molecule has 3 amide bonds. The summed E-state index contributed by atoms with van der Waals surface area (Å²) in [5.74, 6) is -2.71. The fraction of sp³-hybridized carbons (Fsp3) is 0.829. The van der Waals surface area contributed by atoms with E-state index in [0.717, 1.165) is 51.4 Å². The SMILES string of the molecule is CC(=O)COCCOCCNC(=O)COCCOCCNC(=O)CCC[C@H](NC(=O)CCCCCCCCCCCCCCC(=O)O)C(=O)O. The second kappa shape index (κ2) is 34.3. The number of unbranched alkanes of at least 4 members (excludes halogenated alkanes) is 11. The van der Waals surface area contributed by atoms with E-state index in [0.29, 0.717) is 39.2 Å². The van der Waals surface area contributed by atoms with Gasteiger partial charge in [-0.25, -0.2) is 4.79 Å². The van der Waals surface area contributed by atoms with Gasteiger partial charge in [0.25, 0.3) is 0 Å². The molecule has 0 saturated heterocycles. The zero-order valence-electron chi connectivity index (χ0n) is 30.1. The molecule has 15 nitrogen and oxygen atoms in total. The summed E-state index contributed by atoms with van der Waals surface area (Å²) in [5.41, 5.74) is 0. The molecular weight excluding hydrogens is 654 g/mol. The molecule has 0 aromatic rings. The molecule has 0 heterocycles. The van der Waals surface area contributed by atoms with Crippen molar-refractivity contribution in [2.75, 3.05) is 65.9 Å². The first kappa shape index (κ1) is 46.9. The molecule has 50 heavy (non-hydrogen) atoms. The number of carboxylic acid groups (broad SMARTS) is 2. The average molecular weight is 718 g/mol. The Balaban J connectivity index is 3.66. The second-order valence-electron chi connectivity index (χ2n) is 12.2. The van der Waals surface area contributed by atoms with Gasteiger partial charge in [0, 0.05) is 32.4 Å². The van der Waals surface area contributed by atoms with Crippen LogP contribution in [0, 0.1) is 0 Å². The van der Waals surface area contributed by atoms with Crippen LogP contribution in [-0.4, -0.2) is 118 Å². The maximum atomic E-state index is 12.3.